The Hall–Kier alpha value is -2.37. The summed E-state index contributed by atoms with van der Waals surface area (Å²) in [5.41, 5.74) is 0. The lowest BCUT2D eigenvalue weighted by Gasteiger charge is -2.18. The zero-order chi connectivity index (χ0) is 47.9. The fraction of sp³-hybridized carbons (Fsp3) is 0.850. The van der Waals surface area contributed by atoms with E-state index in [-0.39, 0.29) is 31.1 Å². The molecule has 0 saturated carbocycles. The third-order valence-corrected chi connectivity index (χ3v) is 12.9. The Morgan fingerprint density at radius 2 is 0.545 bits per heavy atom. The number of ether oxygens (including phenoxy) is 3. The predicted octanol–water partition coefficient (Wildman–Crippen LogP) is 19.3. The SMILES string of the molecule is CCCCCC/C=C\C/C=C\CCCCCCCCCC(=O)OC(COC(=O)CCCCCCC)COC(=O)CCCCCCCCCCCCCCC/C=C\CCCCCCCCCC. The average Bonchev–Trinajstić information content (AvgIpc) is 3.31. The Labute approximate surface area is 410 Å². The molecule has 0 amide bonds. The maximum Gasteiger partial charge on any atom is 0.306 e. The fourth-order valence-corrected chi connectivity index (χ4v) is 8.47. The summed E-state index contributed by atoms with van der Waals surface area (Å²) in [5.74, 6) is -0.882. The Kier molecular flexibility index (Phi) is 53.2. The fourth-order valence-electron chi connectivity index (χ4n) is 8.47. The van der Waals surface area contributed by atoms with E-state index in [1.807, 2.05) is 0 Å². The molecule has 1 atom stereocenters. The van der Waals surface area contributed by atoms with Crippen LogP contribution in [0.15, 0.2) is 36.5 Å². The zero-order valence-electron chi connectivity index (χ0n) is 44.2. The topological polar surface area (TPSA) is 78.9 Å². The van der Waals surface area contributed by atoms with Crippen molar-refractivity contribution < 1.29 is 28.6 Å². The van der Waals surface area contributed by atoms with Gasteiger partial charge in [0.25, 0.3) is 0 Å². The Balaban J connectivity index is 4.05. The number of rotatable bonds is 53. The van der Waals surface area contributed by atoms with Gasteiger partial charge in [-0.2, -0.15) is 0 Å². The lowest BCUT2D eigenvalue weighted by Crippen LogP contribution is -2.30. The van der Waals surface area contributed by atoms with Crippen molar-refractivity contribution in [2.24, 2.45) is 0 Å². The Bertz CT molecular complexity index is 1110. The van der Waals surface area contributed by atoms with Crippen molar-refractivity contribution >= 4 is 17.9 Å². The first-order valence-electron chi connectivity index (χ1n) is 29.0. The van der Waals surface area contributed by atoms with Crippen LogP contribution < -0.4 is 0 Å². The quantitative estimate of drug-likeness (QED) is 0.0262. The van der Waals surface area contributed by atoms with E-state index in [9.17, 15) is 14.4 Å². The molecule has 0 aliphatic rings. The van der Waals surface area contributed by atoms with Gasteiger partial charge in [-0.1, -0.05) is 250 Å². The van der Waals surface area contributed by atoms with Gasteiger partial charge in [-0.05, 0) is 77.0 Å². The molecule has 386 valence electrons. The van der Waals surface area contributed by atoms with Gasteiger partial charge in [0.05, 0.1) is 0 Å². The minimum atomic E-state index is -0.771. The molecule has 0 saturated heterocycles. The Morgan fingerprint density at radius 3 is 0.864 bits per heavy atom. The van der Waals surface area contributed by atoms with Crippen molar-refractivity contribution in [2.75, 3.05) is 13.2 Å². The number of hydrogen-bond donors (Lipinski definition) is 0. The molecular weight excluding hydrogens is 817 g/mol. The number of unbranched alkanes of at least 4 members (excludes halogenated alkanes) is 36. The summed E-state index contributed by atoms with van der Waals surface area (Å²) >= 11 is 0. The molecule has 0 spiro atoms. The maximum atomic E-state index is 12.8. The van der Waals surface area contributed by atoms with Crippen LogP contribution >= 0.6 is 0 Å². The molecule has 0 aromatic heterocycles. The Morgan fingerprint density at radius 1 is 0.303 bits per heavy atom. The molecule has 1 unspecified atom stereocenters. The van der Waals surface area contributed by atoms with Crippen molar-refractivity contribution in [3.8, 4) is 0 Å². The van der Waals surface area contributed by atoms with Crippen molar-refractivity contribution in [1.29, 1.82) is 0 Å². The standard InChI is InChI=1S/C60H110O6/c1-4-7-10-13-15-17-19-21-23-25-27-28-29-30-31-32-33-35-36-38-40-42-44-47-50-53-59(62)65-56-57(55-64-58(61)52-49-46-12-9-6-3)66-60(63)54-51-48-45-43-41-39-37-34-26-24-22-20-18-16-14-11-8-5-2/h18,20,24-27,57H,4-17,19,21-23,28-56H2,1-3H3/b20-18-,26-24-,27-25-. The van der Waals surface area contributed by atoms with E-state index in [1.165, 1.54) is 193 Å². The van der Waals surface area contributed by atoms with Crippen LogP contribution in [0.3, 0.4) is 0 Å². The van der Waals surface area contributed by atoms with E-state index in [0.29, 0.717) is 19.3 Å². The van der Waals surface area contributed by atoms with Crippen LogP contribution in [0.5, 0.6) is 0 Å². The largest absolute Gasteiger partial charge is 0.462 e. The summed E-state index contributed by atoms with van der Waals surface area (Å²) in [6.45, 7) is 6.57. The second kappa shape index (κ2) is 55.2. The third-order valence-electron chi connectivity index (χ3n) is 12.9. The molecule has 66 heavy (non-hydrogen) atoms. The highest BCUT2D eigenvalue weighted by Crippen LogP contribution is 2.16. The van der Waals surface area contributed by atoms with Crippen LogP contribution in [0.4, 0.5) is 0 Å². The number of carbonyl (C=O) groups is 3. The third kappa shape index (κ3) is 52.6. The number of carbonyl (C=O) groups excluding carboxylic acids is 3. The second-order valence-electron chi connectivity index (χ2n) is 19.6. The summed E-state index contributed by atoms with van der Waals surface area (Å²) in [6, 6.07) is 0. The van der Waals surface area contributed by atoms with Crippen LogP contribution in [0.25, 0.3) is 0 Å². The molecule has 6 heteroatoms. The van der Waals surface area contributed by atoms with E-state index < -0.39 is 6.10 Å². The molecule has 0 radical (unpaired) electrons. The second-order valence-corrected chi connectivity index (χ2v) is 19.6. The van der Waals surface area contributed by atoms with Crippen molar-refractivity contribution in [3.63, 3.8) is 0 Å². The van der Waals surface area contributed by atoms with Gasteiger partial charge >= 0.3 is 17.9 Å². The van der Waals surface area contributed by atoms with E-state index in [2.05, 4.69) is 57.2 Å². The molecule has 0 fully saturated rings. The summed E-state index contributed by atoms with van der Waals surface area (Å²) in [6.07, 6.45) is 66.1. The first-order chi connectivity index (χ1) is 32.5. The van der Waals surface area contributed by atoms with Crippen molar-refractivity contribution in [1.82, 2.24) is 0 Å². The number of esters is 3. The molecule has 0 N–H and O–H groups in total. The van der Waals surface area contributed by atoms with Gasteiger partial charge in [0.1, 0.15) is 13.2 Å². The van der Waals surface area contributed by atoms with Crippen LogP contribution in [-0.2, 0) is 28.6 Å². The first-order valence-corrected chi connectivity index (χ1v) is 29.0. The molecule has 6 nitrogen and oxygen atoms in total. The normalized spacial score (nSPS) is 12.2. The zero-order valence-corrected chi connectivity index (χ0v) is 44.2. The highest BCUT2D eigenvalue weighted by Gasteiger charge is 2.19. The summed E-state index contributed by atoms with van der Waals surface area (Å²) in [5, 5.41) is 0. The first kappa shape index (κ1) is 63.6. The lowest BCUT2D eigenvalue weighted by atomic mass is 10.0. The molecule has 0 aromatic rings. The number of allylic oxidation sites excluding steroid dienone is 6. The van der Waals surface area contributed by atoms with Gasteiger partial charge in [0.2, 0.25) is 0 Å². The highest BCUT2D eigenvalue weighted by molar-refractivity contribution is 5.71. The van der Waals surface area contributed by atoms with Crippen LogP contribution in [0.1, 0.15) is 310 Å². The van der Waals surface area contributed by atoms with E-state index in [1.54, 1.807) is 0 Å². The molecule has 0 aliphatic carbocycles. The van der Waals surface area contributed by atoms with Crippen molar-refractivity contribution in [3.05, 3.63) is 36.5 Å². The van der Waals surface area contributed by atoms with Gasteiger partial charge in [-0.3, -0.25) is 14.4 Å². The monoisotopic (exact) mass is 927 g/mol. The van der Waals surface area contributed by atoms with Gasteiger partial charge < -0.3 is 14.2 Å². The van der Waals surface area contributed by atoms with Gasteiger partial charge in [-0.25, -0.2) is 0 Å². The van der Waals surface area contributed by atoms with Gasteiger partial charge in [0, 0.05) is 19.3 Å². The van der Waals surface area contributed by atoms with Gasteiger partial charge in [-0.15, -0.1) is 0 Å². The summed E-state index contributed by atoms with van der Waals surface area (Å²) < 4.78 is 16.7. The van der Waals surface area contributed by atoms with Crippen LogP contribution in [-0.4, -0.2) is 37.2 Å². The lowest BCUT2D eigenvalue weighted by molar-refractivity contribution is -0.167. The van der Waals surface area contributed by atoms with E-state index in [0.717, 1.165) is 77.0 Å². The van der Waals surface area contributed by atoms with E-state index in [4.69, 9.17) is 14.2 Å². The molecule has 0 bridgehead atoms. The van der Waals surface area contributed by atoms with E-state index >= 15 is 0 Å². The smallest absolute Gasteiger partial charge is 0.306 e. The molecule has 0 aliphatic heterocycles. The minimum Gasteiger partial charge on any atom is -0.462 e. The summed E-state index contributed by atoms with van der Waals surface area (Å²) in [7, 11) is 0. The molecule has 0 heterocycles. The predicted molar refractivity (Wildman–Crippen MR) is 284 cm³/mol. The average molecular weight is 928 g/mol. The molecule has 0 aromatic carbocycles. The molecular formula is C60H110O6. The minimum absolute atomic E-state index is 0.0733. The summed E-state index contributed by atoms with van der Waals surface area (Å²) in [4.78, 5) is 37.8. The van der Waals surface area contributed by atoms with Crippen molar-refractivity contribution in [2.45, 2.75) is 316 Å². The van der Waals surface area contributed by atoms with Crippen LogP contribution in [0, 0.1) is 0 Å². The highest BCUT2D eigenvalue weighted by atomic mass is 16.6. The number of hydrogen-bond acceptors (Lipinski definition) is 6. The maximum absolute atomic E-state index is 12.8. The van der Waals surface area contributed by atoms with Crippen LogP contribution in [0.2, 0.25) is 0 Å². The molecule has 0 rings (SSSR count). The van der Waals surface area contributed by atoms with Gasteiger partial charge in [0.15, 0.2) is 6.10 Å².